The van der Waals surface area contributed by atoms with Crippen molar-refractivity contribution in [2.24, 2.45) is 11.0 Å². The predicted molar refractivity (Wildman–Crippen MR) is 133 cm³/mol. The Morgan fingerprint density at radius 3 is 2.53 bits per heavy atom. The molecule has 2 aliphatic heterocycles. The van der Waals surface area contributed by atoms with Gasteiger partial charge >= 0.3 is 6.03 Å². The van der Waals surface area contributed by atoms with E-state index in [0.29, 0.717) is 23.6 Å². The van der Waals surface area contributed by atoms with Crippen molar-refractivity contribution in [2.45, 2.75) is 51.8 Å². The molecule has 0 spiro atoms. The molecule has 11 heteroatoms. The van der Waals surface area contributed by atoms with E-state index in [-0.39, 0.29) is 18.8 Å². The summed E-state index contributed by atoms with van der Waals surface area (Å²) in [6, 6.07) is 3.77. The number of likely N-dealkylation sites (tertiary alicyclic amines) is 1. The molecule has 6 rings (SSSR count). The Bertz CT molecular complexity index is 1410. The Morgan fingerprint density at radius 1 is 1.08 bits per heavy atom. The molecule has 8 nitrogen and oxygen atoms in total. The summed E-state index contributed by atoms with van der Waals surface area (Å²) in [5, 5.41) is 9.99. The third-order valence-corrected chi connectivity index (χ3v) is 7.29. The van der Waals surface area contributed by atoms with Crippen LogP contribution in [0, 0.1) is 37.2 Å². The van der Waals surface area contributed by atoms with Gasteiger partial charge in [0.25, 0.3) is 0 Å². The summed E-state index contributed by atoms with van der Waals surface area (Å²) in [6.07, 6.45) is 5.06. The van der Waals surface area contributed by atoms with Gasteiger partial charge in [-0.3, -0.25) is 9.67 Å². The largest absolute Gasteiger partial charge is 0.483 e. The standard InChI is InChI=1S/C27H27F3N6O2/c1-15-26(16(2)35(33-15)12-17-3-4-17)23-10-25(22(30)11-31-23)38-21-13-34(14-21)27(37)36-24(5-6-32-36)18-7-19(28)9-20(29)8-18/h6-11,17,21,24H,3-5,12-14H2,1-2H3/t24-/m0/s1. The van der Waals surface area contributed by atoms with Crippen LogP contribution in [0.5, 0.6) is 5.75 Å². The lowest BCUT2D eigenvalue weighted by Gasteiger charge is -2.41. The predicted octanol–water partition coefficient (Wildman–Crippen LogP) is 5.01. The molecular weight excluding hydrogens is 497 g/mol. The van der Waals surface area contributed by atoms with E-state index in [2.05, 4.69) is 15.2 Å². The molecule has 1 atom stereocenters. The lowest BCUT2D eigenvalue weighted by atomic mass is 10.0. The number of hydrazone groups is 1. The first-order valence-electron chi connectivity index (χ1n) is 12.7. The molecule has 2 amide bonds. The van der Waals surface area contributed by atoms with Gasteiger partial charge in [0.2, 0.25) is 0 Å². The maximum Gasteiger partial charge on any atom is 0.341 e. The lowest BCUT2D eigenvalue weighted by Crippen LogP contribution is -2.58. The smallest absolute Gasteiger partial charge is 0.341 e. The van der Waals surface area contributed by atoms with Crippen molar-refractivity contribution >= 4 is 12.2 Å². The molecule has 1 saturated carbocycles. The Kier molecular flexibility index (Phi) is 6.08. The van der Waals surface area contributed by atoms with Gasteiger partial charge in [0.15, 0.2) is 11.6 Å². The first-order valence-corrected chi connectivity index (χ1v) is 12.7. The van der Waals surface area contributed by atoms with Crippen LogP contribution in [-0.2, 0) is 6.54 Å². The average Bonchev–Trinajstić information content (AvgIpc) is 3.43. The van der Waals surface area contributed by atoms with E-state index in [0.717, 1.165) is 35.8 Å². The monoisotopic (exact) mass is 524 g/mol. The van der Waals surface area contributed by atoms with Crippen LogP contribution in [0.15, 0.2) is 35.6 Å². The van der Waals surface area contributed by atoms with E-state index in [4.69, 9.17) is 4.74 Å². The molecule has 0 unspecified atom stereocenters. The summed E-state index contributed by atoms with van der Waals surface area (Å²) < 4.78 is 50.0. The number of aromatic nitrogens is 3. The Morgan fingerprint density at radius 2 is 1.82 bits per heavy atom. The van der Waals surface area contributed by atoms with Crippen LogP contribution in [-0.4, -0.2) is 56.1 Å². The number of hydrogen-bond acceptors (Lipinski definition) is 5. The van der Waals surface area contributed by atoms with Crippen LogP contribution in [0.1, 0.15) is 42.3 Å². The molecule has 3 aliphatic rings. The number of carbonyl (C=O) groups is 1. The zero-order valence-electron chi connectivity index (χ0n) is 21.1. The Hall–Kier alpha value is -3.89. The molecule has 2 aromatic heterocycles. The number of carbonyl (C=O) groups excluding carboxylic acids is 1. The second kappa shape index (κ2) is 9.45. The van der Waals surface area contributed by atoms with Gasteiger partial charge in [0.05, 0.1) is 36.7 Å². The molecule has 1 aromatic carbocycles. The van der Waals surface area contributed by atoms with Crippen molar-refractivity contribution < 1.29 is 22.7 Å². The van der Waals surface area contributed by atoms with E-state index < -0.39 is 35.6 Å². The van der Waals surface area contributed by atoms with Gasteiger partial charge in [-0.25, -0.2) is 23.0 Å². The number of benzene rings is 1. The highest BCUT2D eigenvalue weighted by Gasteiger charge is 2.39. The molecule has 1 saturated heterocycles. The number of rotatable bonds is 6. The zero-order valence-corrected chi connectivity index (χ0v) is 21.1. The number of halogens is 3. The molecule has 0 radical (unpaired) electrons. The van der Waals surface area contributed by atoms with Crippen LogP contribution < -0.4 is 4.74 Å². The highest BCUT2D eigenvalue weighted by atomic mass is 19.1. The summed E-state index contributed by atoms with van der Waals surface area (Å²) in [5.74, 6) is -1.28. The van der Waals surface area contributed by atoms with Crippen LogP contribution in [0.3, 0.4) is 0 Å². The van der Waals surface area contributed by atoms with Crippen molar-refractivity contribution in [3.05, 3.63) is 64.9 Å². The third kappa shape index (κ3) is 4.61. The summed E-state index contributed by atoms with van der Waals surface area (Å²) >= 11 is 0. The second-order valence-electron chi connectivity index (χ2n) is 10.2. The Labute approximate surface area is 217 Å². The minimum atomic E-state index is -0.712. The topological polar surface area (TPSA) is 75.8 Å². The minimum absolute atomic E-state index is 0.0631. The molecule has 2 fully saturated rings. The van der Waals surface area contributed by atoms with E-state index in [9.17, 15) is 18.0 Å². The van der Waals surface area contributed by atoms with Gasteiger partial charge in [-0.15, -0.1) is 0 Å². The Balaban J connectivity index is 1.12. The average molecular weight is 525 g/mol. The fourth-order valence-corrected chi connectivity index (χ4v) is 5.07. The van der Waals surface area contributed by atoms with Gasteiger partial charge in [-0.1, -0.05) is 0 Å². The third-order valence-electron chi connectivity index (χ3n) is 7.29. The van der Waals surface area contributed by atoms with E-state index >= 15 is 0 Å². The molecule has 198 valence electrons. The van der Waals surface area contributed by atoms with Gasteiger partial charge < -0.3 is 9.64 Å². The fourth-order valence-electron chi connectivity index (χ4n) is 5.07. The fraction of sp³-hybridized carbons (Fsp3) is 0.407. The zero-order chi connectivity index (χ0) is 26.6. The van der Waals surface area contributed by atoms with Crippen LogP contribution >= 0.6 is 0 Å². The molecule has 0 N–H and O–H groups in total. The van der Waals surface area contributed by atoms with Gasteiger partial charge in [-0.05, 0) is 50.3 Å². The van der Waals surface area contributed by atoms with Gasteiger partial charge in [-0.2, -0.15) is 10.2 Å². The van der Waals surface area contributed by atoms with Gasteiger partial charge in [0, 0.05) is 42.6 Å². The van der Waals surface area contributed by atoms with E-state index in [1.165, 1.54) is 34.9 Å². The molecule has 4 heterocycles. The highest BCUT2D eigenvalue weighted by Crippen LogP contribution is 2.35. The molecule has 38 heavy (non-hydrogen) atoms. The van der Waals surface area contributed by atoms with Crippen LogP contribution in [0.25, 0.3) is 11.3 Å². The first-order chi connectivity index (χ1) is 18.3. The van der Waals surface area contributed by atoms with Crippen LogP contribution in [0.2, 0.25) is 0 Å². The lowest BCUT2D eigenvalue weighted by molar-refractivity contribution is 0.0256. The maximum absolute atomic E-state index is 14.6. The summed E-state index contributed by atoms with van der Waals surface area (Å²) in [5.41, 5.74) is 3.60. The quantitative estimate of drug-likeness (QED) is 0.455. The number of amides is 2. The SMILES string of the molecule is Cc1nn(CC2CC2)c(C)c1-c1cc(OC2CN(C(=O)N3N=CC[C@H]3c3cc(F)cc(F)c3)C2)c(F)cn1. The first kappa shape index (κ1) is 24.4. The summed E-state index contributed by atoms with van der Waals surface area (Å²) in [6.45, 7) is 5.23. The molecule has 1 aliphatic carbocycles. The van der Waals surface area contributed by atoms with Crippen molar-refractivity contribution in [1.29, 1.82) is 0 Å². The number of pyridine rings is 1. The number of urea groups is 1. The molecular formula is C27H27F3N6O2. The van der Waals surface area contributed by atoms with Crippen molar-refractivity contribution in [3.63, 3.8) is 0 Å². The number of hydrogen-bond donors (Lipinski definition) is 0. The summed E-state index contributed by atoms with van der Waals surface area (Å²) in [4.78, 5) is 18.8. The number of ether oxygens (including phenoxy) is 1. The number of nitrogens with zero attached hydrogens (tertiary/aromatic N) is 6. The van der Waals surface area contributed by atoms with E-state index in [1.807, 2.05) is 18.5 Å². The van der Waals surface area contributed by atoms with Crippen molar-refractivity contribution in [1.82, 2.24) is 24.7 Å². The molecule has 0 bridgehead atoms. The molecule has 3 aromatic rings. The van der Waals surface area contributed by atoms with Gasteiger partial charge in [0.1, 0.15) is 17.7 Å². The van der Waals surface area contributed by atoms with Crippen LogP contribution in [0.4, 0.5) is 18.0 Å². The summed E-state index contributed by atoms with van der Waals surface area (Å²) in [7, 11) is 0. The van der Waals surface area contributed by atoms with Crippen molar-refractivity contribution in [3.8, 4) is 17.0 Å². The maximum atomic E-state index is 14.6. The second-order valence-corrected chi connectivity index (χ2v) is 10.2. The van der Waals surface area contributed by atoms with E-state index in [1.54, 1.807) is 12.3 Å². The van der Waals surface area contributed by atoms with Crippen molar-refractivity contribution in [2.75, 3.05) is 13.1 Å². The highest BCUT2D eigenvalue weighted by molar-refractivity contribution is 5.79. The minimum Gasteiger partial charge on any atom is -0.483 e. The number of aryl methyl sites for hydroxylation is 1. The normalized spacial score (nSPS) is 19.2.